The summed E-state index contributed by atoms with van der Waals surface area (Å²) in [6, 6.07) is 4.03. The van der Waals surface area contributed by atoms with Crippen molar-refractivity contribution in [2.45, 2.75) is 25.4 Å². The van der Waals surface area contributed by atoms with Crippen molar-refractivity contribution >= 4 is 11.3 Å². The third-order valence-corrected chi connectivity index (χ3v) is 3.76. The van der Waals surface area contributed by atoms with Gasteiger partial charge in [0.2, 0.25) is 0 Å². The highest BCUT2D eigenvalue weighted by Crippen LogP contribution is 2.47. The number of thiophene rings is 1. The van der Waals surface area contributed by atoms with Gasteiger partial charge in [-0.2, -0.15) is 0 Å². The molecule has 0 spiro atoms. The first-order chi connectivity index (χ1) is 5.23. The molecule has 2 atom stereocenters. The Bertz CT molecular complexity index is 242. The maximum atomic E-state index is 10.0. The predicted molar refractivity (Wildman–Crippen MR) is 46.6 cm³/mol. The Hall–Kier alpha value is -0.340. The predicted octanol–water partition coefficient (Wildman–Crippen LogP) is 2.37. The van der Waals surface area contributed by atoms with Crippen molar-refractivity contribution in [1.82, 2.24) is 0 Å². The van der Waals surface area contributed by atoms with E-state index in [9.17, 15) is 5.11 Å². The molecule has 2 rings (SSSR count). The van der Waals surface area contributed by atoms with E-state index >= 15 is 0 Å². The molecule has 0 radical (unpaired) electrons. The average molecular weight is 168 g/mol. The van der Waals surface area contributed by atoms with Crippen LogP contribution in [-0.4, -0.2) is 5.11 Å². The van der Waals surface area contributed by atoms with Gasteiger partial charge < -0.3 is 5.11 Å². The minimum atomic E-state index is -0.478. The first-order valence-corrected chi connectivity index (χ1v) is 4.88. The van der Waals surface area contributed by atoms with Gasteiger partial charge in [-0.05, 0) is 30.2 Å². The minimum absolute atomic E-state index is 0.446. The molecular weight excluding hydrogens is 156 g/mol. The molecule has 0 amide bonds. The van der Waals surface area contributed by atoms with Crippen LogP contribution in [0.5, 0.6) is 0 Å². The summed E-state index contributed by atoms with van der Waals surface area (Å²) < 4.78 is 0. The van der Waals surface area contributed by atoms with Crippen molar-refractivity contribution in [2.75, 3.05) is 0 Å². The Kier molecular flexibility index (Phi) is 1.55. The molecule has 60 valence electrons. The molecule has 1 saturated carbocycles. The van der Waals surface area contributed by atoms with Crippen LogP contribution in [0.3, 0.4) is 0 Å². The summed E-state index contributed by atoms with van der Waals surface area (Å²) >= 11 is 1.66. The van der Waals surface area contributed by atoms with Crippen LogP contribution in [0.1, 0.15) is 24.6 Å². The topological polar surface area (TPSA) is 20.2 Å². The van der Waals surface area contributed by atoms with E-state index in [1.807, 2.05) is 17.5 Å². The van der Waals surface area contributed by atoms with Crippen LogP contribution in [0.4, 0.5) is 0 Å². The van der Waals surface area contributed by atoms with E-state index in [0.717, 1.165) is 17.7 Å². The van der Waals surface area contributed by atoms with Gasteiger partial charge in [0.25, 0.3) is 0 Å². The van der Waals surface area contributed by atoms with Gasteiger partial charge in [0, 0.05) is 4.88 Å². The molecule has 1 aliphatic carbocycles. The molecule has 0 saturated heterocycles. The first kappa shape index (κ1) is 7.32. The summed E-state index contributed by atoms with van der Waals surface area (Å²) in [7, 11) is 0. The van der Waals surface area contributed by atoms with E-state index in [0.29, 0.717) is 5.92 Å². The monoisotopic (exact) mass is 168 g/mol. The van der Waals surface area contributed by atoms with Gasteiger partial charge in [-0.25, -0.2) is 0 Å². The molecule has 1 aromatic rings. The van der Waals surface area contributed by atoms with E-state index < -0.39 is 5.60 Å². The zero-order chi connectivity index (χ0) is 7.90. The molecule has 2 unspecified atom stereocenters. The Morgan fingerprint density at radius 2 is 2.55 bits per heavy atom. The third kappa shape index (κ3) is 0.932. The van der Waals surface area contributed by atoms with Gasteiger partial charge in [-0.3, -0.25) is 0 Å². The second-order valence-electron chi connectivity index (χ2n) is 3.34. The van der Waals surface area contributed by atoms with Gasteiger partial charge in [0.05, 0.1) is 0 Å². The number of hydrogen-bond donors (Lipinski definition) is 1. The van der Waals surface area contributed by atoms with E-state index in [1.165, 1.54) is 0 Å². The van der Waals surface area contributed by atoms with Crippen LogP contribution in [-0.2, 0) is 5.60 Å². The van der Waals surface area contributed by atoms with Crippen molar-refractivity contribution in [1.29, 1.82) is 0 Å². The molecule has 0 bridgehead atoms. The lowest BCUT2D eigenvalue weighted by atomic mass is 9.70. The van der Waals surface area contributed by atoms with Crippen molar-refractivity contribution in [3.63, 3.8) is 0 Å². The maximum Gasteiger partial charge on any atom is 0.101 e. The van der Waals surface area contributed by atoms with E-state index in [1.54, 1.807) is 11.3 Å². The van der Waals surface area contributed by atoms with Crippen LogP contribution in [0.2, 0.25) is 0 Å². The lowest BCUT2D eigenvalue weighted by molar-refractivity contribution is -0.0900. The van der Waals surface area contributed by atoms with Crippen molar-refractivity contribution < 1.29 is 5.11 Å². The Morgan fingerprint density at radius 3 is 2.91 bits per heavy atom. The number of rotatable bonds is 1. The molecule has 11 heavy (non-hydrogen) atoms. The summed E-state index contributed by atoms with van der Waals surface area (Å²) in [5.74, 6) is 0.446. The molecule has 1 fully saturated rings. The highest BCUT2D eigenvalue weighted by Gasteiger charge is 2.44. The fourth-order valence-corrected chi connectivity index (χ4v) is 2.57. The molecular formula is C9H12OS. The van der Waals surface area contributed by atoms with Crippen molar-refractivity contribution in [2.24, 2.45) is 5.92 Å². The SMILES string of the molecule is CC1CCC1(O)c1cccs1. The summed E-state index contributed by atoms with van der Waals surface area (Å²) in [5, 5.41) is 12.1. The summed E-state index contributed by atoms with van der Waals surface area (Å²) in [5.41, 5.74) is -0.478. The van der Waals surface area contributed by atoms with Crippen LogP contribution in [0.25, 0.3) is 0 Å². The zero-order valence-corrected chi connectivity index (χ0v) is 7.40. The average Bonchev–Trinajstić information content (AvgIpc) is 2.52. The molecule has 2 heteroatoms. The highest BCUT2D eigenvalue weighted by molar-refractivity contribution is 7.10. The normalized spacial score (nSPS) is 36.7. The maximum absolute atomic E-state index is 10.0. The first-order valence-electron chi connectivity index (χ1n) is 4.00. The molecule has 0 aliphatic heterocycles. The van der Waals surface area contributed by atoms with Crippen LogP contribution in [0.15, 0.2) is 17.5 Å². The zero-order valence-electron chi connectivity index (χ0n) is 6.58. The lowest BCUT2D eigenvalue weighted by Gasteiger charge is -2.42. The fourth-order valence-electron chi connectivity index (χ4n) is 1.60. The number of hydrogen-bond acceptors (Lipinski definition) is 2. The smallest absolute Gasteiger partial charge is 0.101 e. The fraction of sp³-hybridized carbons (Fsp3) is 0.556. The second-order valence-corrected chi connectivity index (χ2v) is 4.29. The van der Waals surface area contributed by atoms with E-state index in [2.05, 4.69) is 6.92 Å². The van der Waals surface area contributed by atoms with Gasteiger partial charge in [0.1, 0.15) is 5.60 Å². The molecule has 1 N–H and O–H groups in total. The summed E-state index contributed by atoms with van der Waals surface area (Å²) in [6.07, 6.45) is 2.10. The van der Waals surface area contributed by atoms with Gasteiger partial charge in [0.15, 0.2) is 0 Å². The third-order valence-electron chi connectivity index (χ3n) is 2.72. The molecule has 1 nitrogen and oxygen atoms in total. The van der Waals surface area contributed by atoms with Gasteiger partial charge in [-0.15, -0.1) is 11.3 Å². The van der Waals surface area contributed by atoms with Crippen LogP contribution >= 0.6 is 11.3 Å². The van der Waals surface area contributed by atoms with Gasteiger partial charge >= 0.3 is 0 Å². The van der Waals surface area contributed by atoms with E-state index in [-0.39, 0.29) is 0 Å². The quantitative estimate of drug-likeness (QED) is 0.682. The molecule has 1 aliphatic rings. The van der Waals surface area contributed by atoms with Crippen LogP contribution < -0.4 is 0 Å². The Morgan fingerprint density at radius 1 is 1.73 bits per heavy atom. The lowest BCUT2D eigenvalue weighted by Crippen LogP contribution is -2.41. The largest absolute Gasteiger partial charge is 0.384 e. The second kappa shape index (κ2) is 2.32. The summed E-state index contributed by atoms with van der Waals surface area (Å²) in [4.78, 5) is 1.14. The van der Waals surface area contributed by atoms with Gasteiger partial charge in [-0.1, -0.05) is 13.0 Å². The summed E-state index contributed by atoms with van der Waals surface area (Å²) in [6.45, 7) is 2.11. The Labute approximate surface area is 70.7 Å². The van der Waals surface area contributed by atoms with Crippen molar-refractivity contribution in [3.05, 3.63) is 22.4 Å². The standard InChI is InChI=1S/C9H12OS/c1-7-4-5-9(7,10)8-3-2-6-11-8/h2-3,6-7,10H,4-5H2,1H3. The molecule has 1 heterocycles. The number of aliphatic hydroxyl groups is 1. The van der Waals surface area contributed by atoms with Crippen LogP contribution in [0, 0.1) is 5.92 Å². The highest BCUT2D eigenvalue weighted by atomic mass is 32.1. The minimum Gasteiger partial charge on any atom is -0.384 e. The Balaban J connectivity index is 2.28. The van der Waals surface area contributed by atoms with Crippen molar-refractivity contribution in [3.8, 4) is 0 Å². The molecule has 0 aromatic carbocycles. The van der Waals surface area contributed by atoms with E-state index in [4.69, 9.17) is 0 Å². The molecule has 1 aromatic heterocycles.